The molecule has 110 valence electrons. The Morgan fingerprint density at radius 1 is 1.15 bits per heavy atom. The maximum Gasteiger partial charge on any atom is 0.313 e. The number of ether oxygens (including phenoxy) is 1. The second kappa shape index (κ2) is 7.49. The topological polar surface area (TPSA) is 87.7 Å². The molecule has 1 atom stereocenters. The average Bonchev–Trinajstić information content (AvgIpc) is 2.37. The summed E-state index contributed by atoms with van der Waals surface area (Å²) in [4.78, 5) is 23.0. The van der Waals surface area contributed by atoms with E-state index in [0.717, 1.165) is 0 Å². The fourth-order valence-electron chi connectivity index (χ4n) is 1.40. The van der Waals surface area contributed by atoms with Crippen molar-refractivity contribution in [2.24, 2.45) is 0 Å². The van der Waals surface area contributed by atoms with Gasteiger partial charge < -0.3 is 20.5 Å². The zero-order chi connectivity index (χ0) is 15.1. The van der Waals surface area contributed by atoms with Gasteiger partial charge in [0.25, 0.3) is 0 Å². The molecule has 0 aromatic heterocycles. The Bertz CT molecular complexity index is 455. The van der Waals surface area contributed by atoms with Crippen LogP contribution in [0.4, 0.5) is 5.69 Å². The van der Waals surface area contributed by atoms with E-state index in [1.54, 1.807) is 24.3 Å². The van der Waals surface area contributed by atoms with E-state index in [-0.39, 0.29) is 12.6 Å². The highest BCUT2D eigenvalue weighted by atomic mass is 16.5. The molecule has 0 saturated heterocycles. The molecule has 20 heavy (non-hydrogen) atoms. The molecule has 0 aliphatic carbocycles. The highest BCUT2D eigenvalue weighted by Gasteiger charge is 2.13. The number of rotatable bonds is 5. The number of amides is 2. The van der Waals surface area contributed by atoms with Crippen LogP contribution in [0.3, 0.4) is 0 Å². The molecule has 0 spiro atoms. The summed E-state index contributed by atoms with van der Waals surface area (Å²) in [5, 5.41) is 13.8. The Kier molecular flexibility index (Phi) is 5.99. The first-order valence-corrected chi connectivity index (χ1v) is 6.42. The Balaban J connectivity index is 2.51. The smallest absolute Gasteiger partial charge is 0.313 e. The zero-order valence-electron chi connectivity index (χ0n) is 11.8. The number of aliphatic hydroxyl groups is 1. The maximum absolute atomic E-state index is 11.6. The molecule has 0 unspecified atom stereocenters. The van der Waals surface area contributed by atoms with Crippen molar-refractivity contribution in [3.05, 3.63) is 24.3 Å². The molecule has 0 fully saturated rings. The van der Waals surface area contributed by atoms with Crippen molar-refractivity contribution in [1.29, 1.82) is 0 Å². The van der Waals surface area contributed by atoms with Gasteiger partial charge >= 0.3 is 11.8 Å². The van der Waals surface area contributed by atoms with Crippen LogP contribution >= 0.6 is 0 Å². The second-order valence-corrected chi connectivity index (χ2v) is 4.70. The van der Waals surface area contributed by atoms with Gasteiger partial charge in [0.05, 0.1) is 12.2 Å². The minimum Gasteiger partial charge on any atom is -0.491 e. The van der Waals surface area contributed by atoms with E-state index >= 15 is 0 Å². The van der Waals surface area contributed by atoms with Gasteiger partial charge in [0, 0.05) is 12.2 Å². The van der Waals surface area contributed by atoms with Crippen LogP contribution in [0.2, 0.25) is 0 Å². The molecular weight excluding hydrogens is 260 g/mol. The van der Waals surface area contributed by atoms with E-state index in [4.69, 9.17) is 9.84 Å². The van der Waals surface area contributed by atoms with Crippen LogP contribution in [0.1, 0.15) is 20.8 Å². The first-order chi connectivity index (χ1) is 9.38. The lowest BCUT2D eigenvalue weighted by Crippen LogP contribution is -2.38. The monoisotopic (exact) mass is 280 g/mol. The predicted molar refractivity (Wildman–Crippen MR) is 75.5 cm³/mol. The van der Waals surface area contributed by atoms with Crippen LogP contribution in [0.15, 0.2) is 24.3 Å². The molecule has 6 heteroatoms. The molecule has 0 aliphatic rings. The van der Waals surface area contributed by atoms with Crippen molar-refractivity contribution in [3.8, 4) is 5.75 Å². The predicted octanol–water partition coefficient (Wildman–Crippen LogP) is 0.909. The van der Waals surface area contributed by atoms with Crippen LogP contribution in [0.25, 0.3) is 0 Å². The molecule has 3 N–H and O–H groups in total. The SMILES string of the molecule is CC(C)Oc1ccc(NC(=O)C(=O)NC[C@@H](C)O)cc1. The van der Waals surface area contributed by atoms with Crippen molar-refractivity contribution in [3.63, 3.8) is 0 Å². The van der Waals surface area contributed by atoms with Gasteiger partial charge in [0.1, 0.15) is 5.75 Å². The van der Waals surface area contributed by atoms with E-state index in [1.807, 2.05) is 13.8 Å². The highest BCUT2D eigenvalue weighted by Crippen LogP contribution is 2.16. The normalized spacial score (nSPS) is 11.8. The molecule has 0 radical (unpaired) electrons. The lowest BCUT2D eigenvalue weighted by molar-refractivity contribution is -0.136. The number of hydrogen-bond acceptors (Lipinski definition) is 4. The molecule has 0 heterocycles. The van der Waals surface area contributed by atoms with Crippen molar-refractivity contribution >= 4 is 17.5 Å². The number of hydrogen-bond donors (Lipinski definition) is 3. The molecule has 0 aliphatic heterocycles. The molecule has 0 saturated carbocycles. The van der Waals surface area contributed by atoms with E-state index < -0.39 is 17.9 Å². The number of carbonyl (C=O) groups excluding carboxylic acids is 2. The molecule has 1 aromatic rings. The van der Waals surface area contributed by atoms with Crippen molar-refractivity contribution in [2.75, 3.05) is 11.9 Å². The van der Waals surface area contributed by atoms with Crippen molar-refractivity contribution in [2.45, 2.75) is 33.0 Å². The molecule has 2 amide bonds. The van der Waals surface area contributed by atoms with Gasteiger partial charge in [-0.2, -0.15) is 0 Å². The quantitative estimate of drug-likeness (QED) is 0.700. The summed E-state index contributed by atoms with van der Waals surface area (Å²) in [6.07, 6.45) is -0.624. The molecule has 6 nitrogen and oxygen atoms in total. The Morgan fingerprint density at radius 2 is 1.75 bits per heavy atom. The summed E-state index contributed by atoms with van der Waals surface area (Å²) in [5.41, 5.74) is 0.498. The minimum atomic E-state index is -0.784. The summed E-state index contributed by atoms with van der Waals surface area (Å²) >= 11 is 0. The van der Waals surface area contributed by atoms with Gasteiger partial charge in [-0.25, -0.2) is 0 Å². The zero-order valence-corrected chi connectivity index (χ0v) is 11.8. The molecule has 1 aromatic carbocycles. The minimum absolute atomic E-state index is 0.0351. The third-order valence-electron chi connectivity index (χ3n) is 2.25. The van der Waals surface area contributed by atoms with Gasteiger partial charge in [-0.3, -0.25) is 9.59 Å². The number of anilines is 1. The molecular formula is C14H20N2O4. The summed E-state index contributed by atoms with van der Waals surface area (Å²) in [6.45, 7) is 5.39. The first-order valence-electron chi connectivity index (χ1n) is 6.42. The standard InChI is InChI=1S/C14H20N2O4/c1-9(2)20-12-6-4-11(5-7-12)16-14(19)13(18)15-8-10(3)17/h4-7,9-10,17H,8H2,1-3H3,(H,15,18)(H,16,19)/t10-/m1/s1. The fourth-order valence-corrected chi connectivity index (χ4v) is 1.40. The van der Waals surface area contributed by atoms with Crippen LogP contribution in [-0.4, -0.2) is 35.7 Å². The fraction of sp³-hybridized carbons (Fsp3) is 0.429. The number of aliphatic hydroxyl groups excluding tert-OH is 1. The van der Waals surface area contributed by atoms with Gasteiger partial charge in [0.2, 0.25) is 0 Å². The van der Waals surface area contributed by atoms with Gasteiger partial charge in [-0.1, -0.05) is 0 Å². The Hall–Kier alpha value is -2.08. The van der Waals surface area contributed by atoms with E-state index in [9.17, 15) is 9.59 Å². The second-order valence-electron chi connectivity index (χ2n) is 4.70. The largest absolute Gasteiger partial charge is 0.491 e. The first kappa shape index (κ1) is 16.0. The van der Waals surface area contributed by atoms with Crippen LogP contribution in [0.5, 0.6) is 5.75 Å². The van der Waals surface area contributed by atoms with Gasteiger partial charge in [-0.05, 0) is 45.0 Å². The van der Waals surface area contributed by atoms with Gasteiger partial charge in [-0.15, -0.1) is 0 Å². The third-order valence-corrected chi connectivity index (χ3v) is 2.25. The number of benzene rings is 1. The van der Waals surface area contributed by atoms with Crippen LogP contribution in [0, 0.1) is 0 Å². The summed E-state index contributed by atoms with van der Waals surface area (Å²) in [6, 6.07) is 6.72. The van der Waals surface area contributed by atoms with E-state index in [0.29, 0.717) is 11.4 Å². The van der Waals surface area contributed by atoms with Crippen LogP contribution in [-0.2, 0) is 9.59 Å². The lowest BCUT2D eigenvalue weighted by atomic mass is 10.3. The summed E-state index contributed by atoms with van der Waals surface area (Å²) < 4.78 is 5.47. The van der Waals surface area contributed by atoms with Crippen LogP contribution < -0.4 is 15.4 Å². The van der Waals surface area contributed by atoms with Crippen molar-refractivity contribution < 1.29 is 19.4 Å². The highest BCUT2D eigenvalue weighted by molar-refractivity contribution is 6.39. The molecule has 0 bridgehead atoms. The number of carbonyl (C=O) groups is 2. The Morgan fingerprint density at radius 3 is 2.25 bits per heavy atom. The van der Waals surface area contributed by atoms with E-state index in [2.05, 4.69) is 10.6 Å². The summed E-state index contributed by atoms with van der Waals surface area (Å²) in [7, 11) is 0. The van der Waals surface area contributed by atoms with Crippen molar-refractivity contribution in [1.82, 2.24) is 5.32 Å². The van der Waals surface area contributed by atoms with E-state index in [1.165, 1.54) is 6.92 Å². The maximum atomic E-state index is 11.6. The Labute approximate surface area is 118 Å². The third kappa shape index (κ3) is 5.71. The average molecular weight is 280 g/mol. The summed E-state index contributed by atoms with van der Waals surface area (Å²) in [5.74, 6) is -0.867. The lowest BCUT2D eigenvalue weighted by Gasteiger charge is -2.11. The number of nitrogens with one attached hydrogen (secondary N) is 2. The molecule has 1 rings (SSSR count). The van der Waals surface area contributed by atoms with Gasteiger partial charge in [0.15, 0.2) is 0 Å².